The Morgan fingerprint density at radius 1 is 1.07 bits per heavy atom. The van der Waals surface area contributed by atoms with E-state index in [1.54, 1.807) is 50.4 Å². The van der Waals surface area contributed by atoms with Gasteiger partial charge >= 0.3 is 6.03 Å². The van der Waals surface area contributed by atoms with Gasteiger partial charge in [0.25, 0.3) is 5.91 Å². The molecule has 0 saturated carbocycles. The molecule has 142 valence electrons. The zero-order valence-corrected chi connectivity index (χ0v) is 15.2. The smallest absolute Gasteiger partial charge is 0.325 e. The summed E-state index contributed by atoms with van der Waals surface area (Å²) in [6, 6.07) is 15.4. The predicted octanol–water partition coefficient (Wildman–Crippen LogP) is 1.90. The molecule has 3 amide bonds. The van der Waals surface area contributed by atoms with Crippen LogP contribution in [0.15, 0.2) is 54.6 Å². The quantitative estimate of drug-likeness (QED) is 0.727. The van der Waals surface area contributed by atoms with Crippen molar-refractivity contribution in [3.05, 3.63) is 60.2 Å². The highest BCUT2D eigenvalue weighted by Gasteiger charge is 2.49. The second-order valence-electron chi connectivity index (χ2n) is 6.48. The van der Waals surface area contributed by atoms with Gasteiger partial charge in [-0.05, 0) is 36.8 Å². The number of aliphatic hydroxyl groups is 1. The van der Waals surface area contributed by atoms with Gasteiger partial charge in [0.15, 0.2) is 0 Å². The van der Waals surface area contributed by atoms with E-state index in [9.17, 15) is 14.7 Å². The van der Waals surface area contributed by atoms with Crippen LogP contribution in [-0.4, -0.2) is 48.3 Å². The average Bonchev–Trinajstić information content (AvgIpc) is 2.91. The van der Waals surface area contributed by atoms with Crippen LogP contribution < -0.4 is 14.8 Å². The lowest BCUT2D eigenvalue weighted by Gasteiger charge is -2.23. The van der Waals surface area contributed by atoms with Crippen molar-refractivity contribution in [3.63, 3.8) is 0 Å². The number of ether oxygens (including phenoxy) is 2. The first-order valence-corrected chi connectivity index (χ1v) is 8.58. The highest BCUT2D eigenvalue weighted by Crippen LogP contribution is 2.30. The van der Waals surface area contributed by atoms with E-state index in [0.29, 0.717) is 17.1 Å². The second kappa shape index (κ2) is 7.67. The van der Waals surface area contributed by atoms with Crippen molar-refractivity contribution >= 4 is 11.9 Å². The van der Waals surface area contributed by atoms with Gasteiger partial charge in [0.05, 0.1) is 13.7 Å². The number of methoxy groups -OCH3 is 1. The summed E-state index contributed by atoms with van der Waals surface area (Å²) in [5.74, 6) is 0.845. The lowest BCUT2D eigenvalue weighted by Crippen LogP contribution is -2.42. The highest BCUT2D eigenvalue weighted by molar-refractivity contribution is 6.07. The van der Waals surface area contributed by atoms with Crippen LogP contribution in [0.5, 0.6) is 11.5 Å². The molecule has 2 N–H and O–H groups in total. The number of nitrogens with one attached hydrogen (secondary N) is 1. The van der Waals surface area contributed by atoms with E-state index in [1.165, 1.54) is 0 Å². The monoisotopic (exact) mass is 370 g/mol. The molecule has 2 aromatic carbocycles. The van der Waals surface area contributed by atoms with E-state index in [2.05, 4.69) is 5.32 Å². The zero-order valence-electron chi connectivity index (χ0n) is 15.2. The summed E-state index contributed by atoms with van der Waals surface area (Å²) in [4.78, 5) is 26.2. The Balaban J connectivity index is 1.66. The summed E-state index contributed by atoms with van der Waals surface area (Å²) in [5.41, 5.74) is -0.553. The molecule has 0 radical (unpaired) electrons. The Morgan fingerprint density at radius 3 is 2.37 bits per heavy atom. The van der Waals surface area contributed by atoms with Gasteiger partial charge in [0, 0.05) is 0 Å². The highest BCUT2D eigenvalue weighted by atomic mass is 16.5. The molecule has 1 aliphatic heterocycles. The van der Waals surface area contributed by atoms with E-state index in [-0.39, 0.29) is 13.2 Å². The van der Waals surface area contributed by atoms with Gasteiger partial charge in [0.1, 0.15) is 29.7 Å². The van der Waals surface area contributed by atoms with Gasteiger partial charge in [-0.1, -0.05) is 30.3 Å². The molecule has 1 saturated heterocycles. The third kappa shape index (κ3) is 3.88. The number of β-amino-alcohol motifs (C(OH)–C–C–N with tert-alkyl or cyclic N) is 1. The minimum Gasteiger partial charge on any atom is -0.497 e. The summed E-state index contributed by atoms with van der Waals surface area (Å²) in [6.45, 7) is 1.46. The maximum absolute atomic E-state index is 12.9. The molecule has 1 fully saturated rings. The number of imide groups is 1. The Labute approximate surface area is 157 Å². The van der Waals surface area contributed by atoms with Crippen LogP contribution in [-0.2, 0) is 10.3 Å². The van der Waals surface area contributed by atoms with E-state index in [1.807, 2.05) is 18.2 Å². The molecule has 3 rings (SSSR count). The van der Waals surface area contributed by atoms with E-state index >= 15 is 0 Å². The first kappa shape index (κ1) is 18.7. The van der Waals surface area contributed by atoms with Gasteiger partial charge in [-0.15, -0.1) is 0 Å². The number of amides is 3. The van der Waals surface area contributed by atoms with E-state index in [4.69, 9.17) is 9.47 Å². The topological polar surface area (TPSA) is 88.1 Å². The van der Waals surface area contributed by atoms with E-state index in [0.717, 1.165) is 4.90 Å². The number of aliphatic hydroxyl groups excluding tert-OH is 1. The summed E-state index contributed by atoms with van der Waals surface area (Å²) in [5, 5.41) is 12.9. The maximum atomic E-state index is 12.9. The van der Waals surface area contributed by atoms with E-state index < -0.39 is 23.6 Å². The molecule has 2 aromatic rings. The van der Waals surface area contributed by atoms with Crippen molar-refractivity contribution in [1.29, 1.82) is 0 Å². The van der Waals surface area contributed by atoms with Gasteiger partial charge in [-0.3, -0.25) is 9.69 Å². The number of hydrogen-bond acceptors (Lipinski definition) is 5. The first-order valence-electron chi connectivity index (χ1n) is 8.58. The molecule has 0 aliphatic carbocycles. The molecule has 0 spiro atoms. The Kier molecular flexibility index (Phi) is 5.32. The van der Waals surface area contributed by atoms with Crippen molar-refractivity contribution in [3.8, 4) is 11.5 Å². The molecular weight excluding hydrogens is 348 g/mol. The van der Waals surface area contributed by atoms with Crippen molar-refractivity contribution in [2.24, 2.45) is 0 Å². The number of hydrogen-bond donors (Lipinski definition) is 2. The SMILES string of the molecule is COc1ccc([C@]2(C)NC(=O)N(C[C@@H](O)COc3ccccc3)C2=O)cc1. The van der Waals surface area contributed by atoms with Crippen LogP contribution in [0, 0.1) is 0 Å². The molecule has 1 heterocycles. The van der Waals surface area contributed by atoms with Crippen molar-refractivity contribution in [2.75, 3.05) is 20.3 Å². The summed E-state index contributed by atoms with van der Waals surface area (Å²) in [7, 11) is 1.56. The Morgan fingerprint density at radius 2 is 1.74 bits per heavy atom. The van der Waals surface area contributed by atoms with Crippen LogP contribution in [0.3, 0.4) is 0 Å². The third-order valence-electron chi connectivity index (χ3n) is 4.52. The number of rotatable bonds is 7. The van der Waals surface area contributed by atoms with Crippen molar-refractivity contribution < 1.29 is 24.2 Å². The van der Waals surface area contributed by atoms with Crippen LogP contribution in [0.1, 0.15) is 12.5 Å². The number of nitrogens with zero attached hydrogens (tertiary/aromatic N) is 1. The van der Waals surface area contributed by atoms with Gasteiger partial charge in [0.2, 0.25) is 0 Å². The first-order chi connectivity index (χ1) is 12.9. The van der Waals surface area contributed by atoms with Gasteiger partial charge in [-0.2, -0.15) is 0 Å². The summed E-state index contributed by atoms with van der Waals surface area (Å²) >= 11 is 0. The summed E-state index contributed by atoms with van der Waals surface area (Å²) in [6.07, 6.45) is -1.00. The van der Waals surface area contributed by atoms with Crippen LogP contribution >= 0.6 is 0 Å². The Bertz CT molecular complexity index is 809. The molecule has 2 atom stereocenters. The summed E-state index contributed by atoms with van der Waals surface area (Å²) < 4.78 is 10.6. The van der Waals surface area contributed by atoms with Crippen LogP contribution in [0.2, 0.25) is 0 Å². The maximum Gasteiger partial charge on any atom is 0.325 e. The number of carbonyl (C=O) groups is 2. The molecule has 7 nitrogen and oxygen atoms in total. The molecule has 7 heteroatoms. The van der Waals surface area contributed by atoms with Crippen LogP contribution in [0.4, 0.5) is 4.79 Å². The largest absolute Gasteiger partial charge is 0.497 e. The predicted molar refractivity (Wildman–Crippen MR) is 98.5 cm³/mol. The van der Waals surface area contributed by atoms with Gasteiger partial charge in [-0.25, -0.2) is 4.79 Å². The van der Waals surface area contributed by atoms with Gasteiger partial charge < -0.3 is 19.9 Å². The van der Waals surface area contributed by atoms with Crippen molar-refractivity contribution in [1.82, 2.24) is 10.2 Å². The molecule has 1 aliphatic rings. The second-order valence-corrected chi connectivity index (χ2v) is 6.48. The fourth-order valence-electron chi connectivity index (χ4n) is 2.96. The molecule has 0 unspecified atom stereocenters. The molecule has 0 bridgehead atoms. The molecule has 27 heavy (non-hydrogen) atoms. The minimum absolute atomic E-state index is 0.0275. The van der Waals surface area contributed by atoms with Crippen molar-refractivity contribution in [2.45, 2.75) is 18.6 Å². The normalized spacial score (nSPS) is 20.3. The zero-order chi connectivity index (χ0) is 19.4. The fourth-order valence-corrected chi connectivity index (χ4v) is 2.96. The lowest BCUT2D eigenvalue weighted by molar-refractivity contribution is -0.132. The number of urea groups is 1. The molecule has 0 aromatic heterocycles. The van der Waals surface area contributed by atoms with Crippen LogP contribution in [0.25, 0.3) is 0 Å². The average molecular weight is 370 g/mol. The molecular formula is C20H22N2O5. The Hall–Kier alpha value is -3.06. The minimum atomic E-state index is -1.19. The fraction of sp³-hybridized carbons (Fsp3) is 0.300. The number of para-hydroxylation sites is 1. The number of carbonyl (C=O) groups excluding carboxylic acids is 2. The standard InChI is InChI=1S/C20H22N2O5/c1-20(14-8-10-16(26-2)11-9-14)18(24)22(19(25)21-20)12-15(23)13-27-17-6-4-3-5-7-17/h3-11,15,23H,12-13H2,1-2H3,(H,21,25)/t15-,20+/m1/s1. The lowest BCUT2D eigenvalue weighted by atomic mass is 9.92. The third-order valence-corrected chi connectivity index (χ3v) is 4.52. The number of benzene rings is 2.